The average Bonchev–Trinajstić information content (AvgIpc) is 2.64. The first-order valence-corrected chi connectivity index (χ1v) is 3.30. The molecule has 1 fully saturated rings. The molecule has 1 unspecified atom stereocenters. The van der Waals surface area contributed by atoms with Gasteiger partial charge >= 0.3 is 6.03 Å². The number of aliphatic imine (C=N–C) groups is 1. The summed E-state index contributed by atoms with van der Waals surface area (Å²) in [6.07, 6.45) is 0.558. The summed E-state index contributed by atoms with van der Waals surface area (Å²) in [5.41, 5.74) is 0.289. The molecule has 2 aliphatic rings. The van der Waals surface area contributed by atoms with Crippen LogP contribution in [0.25, 0.3) is 0 Å². The van der Waals surface area contributed by atoms with Gasteiger partial charge in [0.15, 0.2) is 0 Å². The molecule has 58 valence electrons. The van der Waals surface area contributed by atoms with Gasteiger partial charge in [0.25, 0.3) is 5.91 Å². The van der Waals surface area contributed by atoms with Gasteiger partial charge in [-0.1, -0.05) is 0 Å². The third-order valence-electron chi connectivity index (χ3n) is 1.54. The summed E-state index contributed by atoms with van der Waals surface area (Å²) in [7, 11) is 0. The molecule has 1 atom stereocenters. The lowest BCUT2D eigenvalue weighted by molar-refractivity contribution is -0.113. The molecule has 0 aromatic heterocycles. The zero-order valence-corrected chi connectivity index (χ0v) is 5.66. The topological polar surface area (TPSA) is 71.1 Å². The van der Waals surface area contributed by atoms with Crippen LogP contribution in [0.1, 0.15) is 6.42 Å². The van der Waals surface area contributed by atoms with Crippen LogP contribution >= 0.6 is 0 Å². The number of hydrogen-bond donors (Lipinski definition) is 1. The second-order valence-corrected chi connectivity index (χ2v) is 2.48. The summed E-state index contributed by atoms with van der Waals surface area (Å²) in [6.45, 7) is 0.667. The van der Waals surface area contributed by atoms with E-state index in [1.807, 2.05) is 0 Å². The van der Waals surface area contributed by atoms with E-state index in [4.69, 9.17) is 4.74 Å². The minimum absolute atomic E-state index is 0.102. The Kier molecular flexibility index (Phi) is 1.25. The normalized spacial score (nSPS) is 28.4. The molecule has 0 saturated carbocycles. The van der Waals surface area contributed by atoms with Gasteiger partial charge in [0, 0.05) is 6.42 Å². The van der Waals surface area contributed by atoms with Crippen molar-refractivity contribution in [2.75, 3.05) is 6.61 Å². The number of hydrogen-bond acceptors (Lipinski definition) is 3. The van der Waals surface area contributed by atoms with E-state index in [0.29, 0.717) is 13.0 Å². The lowest BCUT2D eigenvalue weighted by atomic mass is 10.2. The summed E-state index contributed by atoms with van der Waals surface area (Å²) >= 11 is 0. The summed E-state index contributed by atoms with van der Waals surface area (Å²) in [5, 5.41) is 2.06. The van der Waals surface area contributed by atoms with Gasteiger partial charge in [0.2, 0.25) is 0 Å². The smallest absolute Gasteiger partial charge is 0.348 e. The molecular formula is C6H6N2O3. The Bertz CT molecular complexity index is 255. The molecule has 0 bridgehead atoms. The molecule has 5 nitrogen and oxygen atoms in total. The highest BCUT2D eigenvalue weighted by atomic mass is 16.6. The summed E-state index contributed by atoms with van der Waals surface area (Å²) in [5.74, 6) is -0.384. The van der Waals surface area contributed by atoms with Crippen LogP contribution in [0, 0.1) is 0 Å². The predicted octanol–water partition coefficient (Wildman–Crippen LogP) is -0.534. The highest BCUT2D eigenvalue weighted by Crippen LogP contribution is 2.15. The predicted molar refractivity (Wildman–Crippen MR) is 35.3 cm³/mol. The van der Waals surface area contributed by atoms with Gasteiger partial charge in [-0.05, 0) is 0 Å². The Balaban J connectivity index is 2.04. The highest BCUT2D eigenvalue weighted by molar-refractivity contribution is 6.46. The van der Waals surface area contributed by atoms with Crippen molar-refractivity contribution in [1.29, 1.82) is 0 Å². The number of imide groups is 1. The van der Waals surface area contributed by atoms with Crippen molar-refractivity contribution in [3.8, 4) is 0 Å². The lowest BCUT2D eigenvalue weighted by Gasteiger charge is -1.89. The van der Waals surface area contributed by atoms with Gasteiger partial charge in [-0.2, -0.15) is 4.99 Å². The quantitative estimate of drug-likeness (QED) is 0.543. The van der Waals surface area contributed by atoms with Crippen molar-refractivity contribution in [2.24, 2.45) is 4.99 Å². The third kappa shape index (κ3) is 1.27. The van der Waals surface area contributed by atoms with Gasteiger partial charge in [0.05, 0.1) is 12.7 Å². The van der Waals surface area contributed by atoms with E-state index < -0.39 is 6.03 Å². The van der Waals surface area contributed by atoms with E-state index in [2.05, 4.69) is 10.3 Å². The molecule has 1 N–H and O–H groups in total. The molecule has 5 heteroatoms. The molecule has 0 aliphatic carbocycles. The van der Waals surface area contributed by atoms with Crippen molar-refractivity contribution in [3.63, 3.8) is 0 Å². The Labute approximate surface area is 62.4 Å². The standard InChI is InChI=1S/C6H6N2O3/c9-5-4(1-3-2-11-3)7-6(10)8-5/h3H,1-2H2,(H,8,9,10). The minimum atomic E-state index is -0.564. The molecule has 2 rings (SSSR count). The maximum absolute atomic E-state index is 10.8. The highest BCUT2D eigenvalue weighted by Gasteiger charge is 2.31. The second kappa shape index (κ2) is 2.13. The first kappa shape index (κ1) is 6.48. The molecule has 11 heavy (non-hydrogen) atoms. The second-order valence-electron chi connectivity index (χ2n) is 2.48. The minimum Gasteiger partial charge on any atom is -0.373 e. The van der Waals surface area contributed by atoms with Crippen LogP contribution in [0.5, 0.6) is 0 Å². The van der Waals surface area contributed by atoms with E-state index >= 15 is 0 Å². The van der Waals surface area contributed by atoms with Gasteiger partial charge in [-0.15, -0.1) is 0 Å². The van der Waals surface area contributed by atoms with Crippen molar-refractivity contribution < 1.29 is 14.3 Å². The number of ether oxygens (including phenoxy) is 1. The van der Waals surface area contributed by atoms with Crippen molar-refractivity contribution in [3.05, 3.63) is 0 Å². The van der Waals surface area contributed by atoms with Gasteiger partial charge in [-0.25, -0.2) is 4.79 Å². The van der Waals surface area contributed by atoms with Crippen LogP contribution in [0.2, 0.25) is 0 Å². The van der Waals surface area contributed by atoms with Crippen LogP contribution in [-0.4, -0.2) is 30.4 Å². The fourth-order valence-corrected chi connectivity index (χ4v) is 0.910. The van der Waals surface area contributed by atoms with E-state index in [-0.39, 0.29) is 17.7 Å². The first-order chi connectivity index (χ1) is 5.25. The van der Waals surface area contributed by atoms with Gasteiger partial charge in [0.1, 0.15) is 5.71 Å². The van der Waals surface area contributed by atoms with E-state index in [9.17, 15) is 9.59 Å². The van der Waals surface area contributed by atoms with Gasteiger partial charge < -0.3 is 4.74 Å². The summed E-state index contributed by atoms with van der Waals surface area (Å²) in [6, 6.07) is -0.564. The molecule has 2 heterocycles. The average molecular weight is 154 g/mol. The number of carbonyl (C=O) groups excluding carboxylic acids is 2. The maximum atomic E-state index is 10.8. The van der Waals surface area contributed by atoms with Crippen molar-refractivity contribution in [2.45, 2.75) is 12.5 Å². The lowest BCUT2D eigenvalue weighted by Crippen LogP contribution is -2.25. The number of nitrogens with zero attached hydrogens (tertiary/aromatic N) is 1. The molecule has 0 aromatic carbocycles. The SMILES string of the molecule is O=C1N=C(CC2CO2)C(=O)N1. The van der Waals surface area contributed by atoms with Crippen LogP contribution in [-0.2, 0) is 9.53 Å². The number of amides is 3. The van der Waals surface area contributed by atoms with Crippen molar-refractivity contribution >= 4 is 17.6 Å². The Morgan fingerprint density at radius 3 is 2.82 bits per heavy atom. The van der Waals surface area contributed by atoms with Gasteiger partial charge in [-0.3, -0.25) is 10.1 Å². The molecular weight excluding hydrogens is 148 g/mol. The van der Waals surface area contributed by atoms with E-state index in [1.54, 1.807) is 0 Å². The van der Waals surface area contributed by atoms with Crippen LogP contribution in [0.3, 0.4) is 0 Å². The van der Waals surface area contributed by atoms with E-state index in [1.165, 1.54) is 0 Å². The number of epoxide rings is 1. The van der Waals surface area contributed by atoms with Crippen LogP contribution < -0.4 is 5.32 Å². The Morgan fingerprint density at radius 1 is 1.64 bits per heavy atom. The fourth-order valence-electron chi connectivity index (χ4n) is 0.910. The zero-order chi connectivity index (χ0) is 7.84. The number of rotatable bonds is 2. The molecule has 0 spiro atoms. The largest absolute Gasteiger partial charge is 0.373 e. The molecule has 3 amide bonds. The summed E-state index contributed by atoms with van der Waals surface area (Å²) in [4.78, 5) is 24.8. The van der Waals surface area contributed by atoms with Crippen molar-refractivity contribution in [1.82, 2.24) is 5.32 Å². The molecule has 0 aromatic rings. The summed E-state index contributed by atoms with van der Waals surface area (Å²) < 4.78 is 4.88. The monoisotopic (exact) mass is 154 g/mol. The number of carbonyl (C=O) groups is 2. The molecule has 0 radical (unpaired) electrons. The zero-order valence-electron chi connectivity index (χ0n) is 5.66. The molecule has 2 aliphatic heterocycles. The van der Waals surface area contributed by atoms with E-state index in [0.717, 1.165) is 0 Å². The van der Waals surface area contributed by atoms with Crippen LogP contribution in [0.15, 0.2) is 4.99 Å². The third-order valence-corrected chi connectivity index (χ3v) is 1.54. The Morgan fingerprint density at radius 2 is 2.36 bits per heavy atom. The maximum Gasteiger partial charge on any atom is 0.348 e. The first-order valence-electron chi connectivity index (χ1n) is 3.30. The Hall–Kier alpha value is -1.23. The van der Waals surface area contributed by atoms with Crippen LogP contribution in [0.4, 0.5) is 4.79 Å². The molecule has 1 saturated heterocycles. The number of nitrogens with one attached hydrogen (secondary N) is 1. The number of urea groups is 1. The fraction of sp³-hybridized carbons (Fsp3) is 0.500.